The van der Waals surface area contributed by atoms with Crippen LogP contribution in [-0.4, -0.2) is 46.3 Å². The lowest BCUT2D eigenvalue weighted by atomic mass is 9.44. The van der Waals surface area contributed by atoms with Gasteiger partial charge >= 0.3 is 6.09 Å². The number of carbonyl (C=O) groups is 1. The molecule has 0 heterocycles. The van der Waals surface area contributed by atoms with Crippen LogP contribution < -0.4 is 5.32 Å². The predicted octanol–water partition coefficient (Wildman–Crippen LogP) is 6.69. The van der Waals surface area contributed by atoms with Crippen molar-refractivity contribution >= 4 is 30.3 Å². The maximum Gasteiger partial charge on any atom is 0.410 e. The molecule has 33 heavy (non-hydrogen) atoms. The van der Waals surface area contributed by atoms with Crippen molar-refractivity contribution in [3.8, 4) is 0 Å². The molecule has 0 aliphatic heterocycles. The molecule has 0 aromatic rings. The first kappa shape index (κ1) is 25.9. The fraction of sp³-hybridized carbons (Fsp3) is 0.929. The summed E-state index contributed by atoms with van der Waals surface area (Å²) in [5, 5.41) is 3.09. The molecule has 3 unspecified atom stereocenters. The number of fused-ring (bicyclic) bond motifs is 5. The Morgan fingerprint density at radius 2 is 1.79 bits per heavy atom. The third-order valence-corrected chi connectivity index (χ3v) is 13.4. The van der Waals surface area contributed by atoms with Crippen LogP contribution >= 0.6 is 20.7 Å². The topological polar surface area (TPSA) is 41.6 Å². The van der Waals surface area contributed by atoms with E-state index in [9.17, 15) is 4.79 Å². The molecule has 0 aromatic carbocycles. The van der Waals surface area contributed by atoms with Gasteiger partial charge in [0.2, 0.25) is 0 Å². The van der Waals surface area contributed by atoms with Crippen molar-refractivity contribution in [2.24, 2.45) is 46.3 Å². The molecular formula is C28H49IN2O2. The fourth-order valence-corrected chi connectivity index (χ4v) is 11.3. The maximum atomic E-state index is 12.3. The molecule has 0 aromatic heterocycles. The summed E-state index contributed by atoms with van der Waals surface area (Å²) in [6, 6.07) is 0. The molecule has 190 valence electrons. The summed E-state index contributed by atoms with van der Waals surface area (Å²) in [4.78, 5) is 13.9. The lowest BCUT2D eigenvalue weighted by molar-refractivity contribution is -0.113. The number of likely N-dealkylation sites (N-methyl/N-ethyl adjacent to an activating group) is 2. The van der Waals surface area contributed by atoms with Crippen LogP contribution in [0.4, 0.5) is 4.79 Å². The zero-order valence-corrected chi connectivity index (χ0v) is 24.2. The molecule has 1 amide bonds. The van der Waals surface area contributed by atoms with Crippen molar-refractivity contribution in [1.82, 2.24) is 10.2 Å². The molecule has 1 N–H and O–H groups in total. The number of carbonyl (C=O) groups excluding carboxylic acids is 1. The van der Waals surface area contributed by atoms with Gasteiger partial charge in [-0.15, -0.1) is 0 Å². The summed E-state index contributed by atoms with van der Waals surface area (Å²) >= 11 is -0.207. The molecule has 0 spiro atoms. The molecular weight excluding hydrogens is 523 g/mol. The van der Waals surface area contributed by atoms with Crippen LogP contribution in [-0.2, 0) is 4.74 Å². The van der Waals surface area contributed by atoms with Crippen LogP contribution in [0.1, 0.15) is 85.5 Å². The normalized spacial score (nSPS) is 43.0. The van der Waals surface area contributed by atoms with Gasteiger partial charge in [0.05, 0.1) is 0 Å². The lowest BCUT2D eigenvalue weighted by Gasteiger charge is -2.61. The molecule has 4 rings (SSSR count). The highest BCUT2D eigenvalue weighted by Gasteiger charge is 2.60. The minimum Gasteiger partial charge on any atom is -0.439 e. The Kier molecular flexibility index (Phi) is 8.20. The van der Waals surface area contributed by atoms with Gasteiger partial charge in [0.1, 0.15) is 4.61 Å². The fourth-order valence-electron chi connectivity index (χ4n) is 8.86. The average molecular weight is 573 g/mol. The number of rotatable bonds is 6. The standard InChI is InChI=1S/C28H49IN2O2/c1-19-11-13-27(3)21(17-19)7-8-22-24-10-9-23(28(24,4)14-12-25(22)27)20(2)29-18-33-26(32)31(6)16-15-30-5/h19,21-25,30H,7-18H2,1-6H3/t19-,21?,22-,23+,24?,25?,27-,28+/m0/s1. The van der Waals surface area contributed by atoms with Gasteiger partial charge in [-0.05, 0) is 115 Å². The van der Waals surface area contributed by atoms with E-state index >= 15 is 0 Å². The van der Waals surface area contributed by atoms with Gasteiger partial charge in [-0.1, -0.05) is 47.9 Å². The lowest BCUT2D eigenvalue weighted by Crippen LogP contribution is -2.53. The summed E-state index contributed by atoms with van der Waals surface area (Å²) in [7, 11) is 3.74. The Hall–Kier alpha value is -0.170. The van der Waals surface area contributed by atoms with Crippen molar-refractivity contribution < 1.29 is 9.53 Å². The van der Waals surface area contributed by atoms with E-state index in [-0.39, 0.29) is 26.8 Å². The minimum absolute atomic E-state index is 0.166. The van der Waals surface area contributed by atoms with Crippen LogP contribution in [0.3, 0.4) is 0 Å². The quantitative estimate of drug-likeness (QED) is 0.285. The molecule has 4 saturated carbocycles. The molecule has 4 aliphatic rings. The van der Waals surface area contributed by atoms with Crippen LogP contribution in [0.5, 0.6) is 0 Å². The van der Waals surface area contributed by atoms with E-state index in [2.05, 4.69) is 33.0 Å². The van der Waals surface area contributed by atoms with Gasteiger partial charge in [0.15, 0.2) is 0 Å². The summed E-state index contributed by atoms with van der Waals surface area (Å²) < 4.78 is 7.98. The Morgan fingerprint density at radius 3 is 2.55 bits per heavy atom. The largest absolute Gasteiger partial charge is 0.439 e. The number of ether oxygens (including phenoxy) is 1. The number of nitrogens with one attached hydrogen (secondary N) is 1. The minimum atomic E-state index is -0.207. The molecule has 4 aliphatic carbocycles. The van der Waals surface area contributed by atoms with Crippen LogP contribution in [0.2, 0.25) is 0 Å². The van der Waals surface area contributed by atoms with E-state index in [4.69, 9.17) is 4.74 Å². The van der Waals surface area contributed by atoms with Crippen molar-refractivity contribution in [2.45, 2.75) is 85.5 Å². The van der Waals surface area contributed by atoms with Gasteiger partial charge in [0, 0.05) is 20.1 Å². The highest BCUT2D eigenvalue weighted by molar-refractivity contribution is 14.2. The van der Waals surface area contributed by atoms with Crippen molar-refractivity contribution in [3.63, 3.8) is 0 Å². The van der Waals surface area contributed by atoms with Gasteiger partial charge in [-0.2, -0.15) is 0 Å². The van der Waals surface area contributed by atoms with E-state index in [1.54, 1.807) is 8.41 Å². The summed E-state index contributed by atoms with van der Waals surface area (Å²) in [6.07, 6.45) is 13.0. The monoisotopic (exact) mass is 572 g/mol. The Balaban J connectivity index is 1.39. The molecule has 0 bridgehead atoms. The van der Waals surface area contributed by atoms with Gasteiger partial charge in [-0.25, -0.2) is 4.79 Å². The van der Waals surface area contributed by atoms with Gasteiger partial charge in [-0.3, -0.25) is 0 Å². The summed E-state index contributed by atoms with van der Waals surface area (Å²) in [5.41, 5.74) is 1.11. The third kappa shape index (κ3) is 4.93. The predicted molar refractivity (Wildman–Crippen MR) is 147 cm³/mol. The Labute approximate surface area is 213 Å². The molecule has 0 radical (unpaired) electrons. The van der Waals surface area contributed by atoms with E-state index in [0.717, 1.165) is 42.1 Å². The zero-order valence-electron chi connectivity index (χ0n) is 22.1. The Bertz CT molecular complexity index is 741. The Morgan fingerprint density at radius 1 is 1.06 bits per heavy atom. The number of halogens is 1. The van der Waals surface area contributed by atoms with E-state index in [1.807, 2.05) is 14.1 Å². The first-order chi connectivity index (χ1) is 15.7. The third-order valence-electron chi connectivity index (χ3n) is 10.9. The smallest absolute Gasteiger partial charge is 0.410 e. The van der Waals surface area contributed by atoms with Crippen molar-refractivity contribution in [1.29, 1.82) is 0 Å². The number of alkyl halides is 1. The zero-order chi connectivity index (χ0) is 23.8. The number of amides is 1. The SMILES string of the molecule is CNCCN(C)C(=O)OCI=C(C)[C@H]1CCC2[C@@H]3CCC4C[C@@H](C)CC[C@]4(C)C3CC[C@@]21C. The summed E-state index contributed by atoms with van der Waals surface area (Å²) in [6.45, 7) is 11.7. The highest BCUT2D eigenvalue weighted by atomic mass is 127. The average Bonchev–Trinajstić information content (AvgIpc) is 3.15. The first-order valence-electron chi connectivity index (χ1n) is 13.7. The first-order valence-corrected chi connectivity index (χ1v) is 16.3. The van der Waals surface area contributed by atoms with E-state index < -0.39 is 0 Å². The van der Waals surface area contributed by atoms with E-state index in [0.29, 0.717) is 22.0 Å². The number of nitrogens with zero attached hydrogens (tertiary/aromatic N) is 1. The van der Waals surface area contributed by atoms with Gasteiger partial charge < -0.3 is 15.0 Å². The second-order valence-electron chi connectivity index (χ2n) is 12.5. The van der Waals surface area contributed by atoms with Crippen LogP contribution in [0.25, 0.3) is 0 Å². The maximum absolute atomic E-state index is 12.3. The molecule has 4 nitrogen and oxygen atoms in total. The van der Waals surface area contributed by atoms with Crippen molar-refractivity contribution in [2.75, 3.05) is 31.8 Å². The second-order valence-corrected chi connectivity index (χ2v) is 15.6. The molecule has 5 heteroatoms. The summed E-state index contributed by atoms with van der Waals surface area (Å²) in [5.74, 6) is 5.56. The molecule has 4 fully saturated rings. The molecule has 8 atom stereocenters. The highest BCUT2D eigenvalue weighted by Crippen LogP contribution is 2.68. The second kappa shape index (κ2) is 10.4. The molecule has 0 saturated heterocycles. The van der Waals surface area contributed by atoms with Gasteiger partial charge in [0.25, 0.3) is 0 Å². The van der Waals surface area contributed by atoms with Crippen LogP contribution in [0.15, 0.2) is 0 Å². The van der Waals surface area contributed by atoms with Crippen molar-refractivity contribution in [3.05, 3.63) is 0 Å². The number of hydrogen-bond acceptors (Lipinski definition) is 3. The number of hydrogen-bond donors (Lipinski definition) is 1. The van der Waals surface area contributed by atoms with E-state index in [1.165, 1.54) is 57.8 Å². The van der Waals surface area contributed by atoms with Crippen LogP contribution in [0, 0.1) is 46.3 Å².